The van der Waals surface area contributed by atoms with Crippen LogP contribution in [0.4, 0.5) is 4.39 Å². The highest BCUT2D eigenvalue weighted by Crippen LogP contribution is 2.32. The van der Waals surface area contributed by atoms with Crippen LogP contribution in [-0.4, -0.2) is 16.4 Å². The summed E-state index contributed by atoms with van der Waals surface area (Å²) >= 11 is 9.17. The van der Waals surface area contributed by atoms with E-state index in [9.17, 15) is 4.39 Å². The minimum atomic E-state index is -0.436. The van der Waals surface area contributed by atoms with Crippen LogP contribution in [0.15, 0.2) is 16.7 Å². The molecular weight excluding hydrogens is 323 g/mol. The fourth-order valence-electron chi connectivity index (χ4n) is 2.23. The number of halogens is 3. The Morgan fingerprint density at radius 1 is 1.44 bits per heavy atom. The summed E-state index contributed by atoms with van der Waals surface area (Å²) < 4.78 is 21.7. The largest absolute Gasteiger partial charge is 0.356 e. The quantitative estimate of drug-likeness (QED) is 0.778. The first kappa shape index (κ1) is 12.4. The standard InChI is InChI=1S/C12H11BrClFN2O/c13-12-7-5-8(14)9(15)6-10(7)17(16-12)11-3-1-2-4-18-11/h5-6,11H,1-4H2. The van der Waals surface area contributed by atoms with Crippen molar-refractivity contribution < 1.29 is 9.13 Å². The topological polar surface area (TPSA) is 27.1 Å². The number of hydrogen-bond donors (Lipinski definition) is 0. The number of hydrogen-bond acceptors (Lipinski definition) is 2. The number of aromatic nitrogens is 2. The van der Waals surface area contributed by atoms with Gasteiger partial charge in [-0.3, -0.25) is 0 Å². The van der Waals surface area contributed by atoms with Crippen molar-refractivity contribution in [3.05, 3.63) is 27.6 Å². The highest BCUT2D eigenvalue weighted by Gasteiger charge is 2.21. The lowest BCUT2D eigenvalue weighted by atomic mass is 10.2. The molecule has 0 bridgehead atoms. The fourth-order valence-corrected chi connectivity index (χ4v) is 2.88. The van der Waals surface area contributed by atoms with E-state index < -0.39 is 5.82 Å². The van der Waals surface area contributed by atoms with Crippen molar-refractivity contribution in [2.75, 3.05) is 6.61 Å². The number of fused-ring (bicyclic) bond motifs is 1. The van der Waals surface area contributed by atoms with Crippen LogP contribution >= 0.6 is 27.5 Å². The first-order valence-corrected chi connectivity index (χ1v) is 6.98. The average molecular weight is 334 g/mol. The minimum absolute atomic E-state index is 0.104. The second-order valence-corrected chi connectivity index (χ2v) is 5.50. The Labute approximate surface area is 117 Å². The predicted molar refractivity (Wildman–Crippen MR) is 71.2 cm³/mol. The maximum Gasteiger partial charge on any atom is 0.150 e. The number of benzene rings is 1. The highest BCUT2D eigenvalue weighted by atomic mass is 79.9. The molecule has 3 nitrogen and oxygen atoms in total. The number of rotatable bonds is 1. The zero-order chi connectivity index (χ0) is 12.7. The molecule has 1 saturated heterocycles. The molecule has 1 aromatic heterocycles. The summed E-state index contributed by atoms with van der Waals surface area (Å²) in [6.07, 6.45) is 2.94. The molecule has 0 amide bonds. The normalized spacial score (nSPS) is 20.5. The SMILES string of the molecule is Fc1cc2c(cc1Cl)c(Br)nn2C1CCCCO1. The van der Waals surface area contributed by atoms with E-state index in [-0.39, 0.29) is 11.3 Å². The van der Waals surface area contributed by atoms with Gasteiger partial charge in [0.2, 0.25) is 0 Å². The molecule has 6 heteroatoms. The third kappa shape index (κ3) is 2.04. The molecule has 1 unspecified atom stereocenters. The van der Waals surface area contributed by atoms with E-state index in [1.54, 1.807) is 10.7 Å². The number of ether oxygens (including phenoxy) is 1. The van der Waals surface area contributed by atoms with Gasteiger partial charge in [0.1, 0.15) is 10.4 Å². The molecule has 3 rings (SSSR count). The van der Waals surface area contributed by atoms with Crippen molar-refractivity contribution in [1.29, 1.82) is 0 Å². The van der Waals surface area contributed by atoms with E-state index in [4.69, 9.17) is 16.3 Å². The summed E-state index contributed by atoms with van der Waals surface area (Å²) in [5, 5.41) is 5.28. The third-order valence-electron chi connectivity index (χ3n) is 3.13. The molecule has 2 aromatic rings. The zero-order valence-electron chi connectivity index (χ0n) is 9.50. The van der Waals surface area contributed by atoms with Crippen LogP contribution in [-0.2, 0) is 4.74 Å². The van der Waals surface area contributed by atoms with Gasteiger partial charge in [0.25, 0.3) is 0 Å². The van der Waals surface area contributed by atoms with E-state index in [0.717, 1.165) is 31.3 Å². The summed E-state index contributed by atoms with van der Waals surface area (Å²) in [5.74, 6) is -0.436. The van der Waals surface area contributed by atoms with E-state index in [2.05, 4.69) is 21.0 Å². The van der Waals surface area contributed by atoms with Crippen LogP contribution in [0, 0.1) is 5.82 Å². The van der Waals surface area contributed by atoms with Crippen molar-refractivity contribution in [3.63, 3.8) is 0 Å². The van der Waals surface area contributed by atoms with Gasteiger partial charge < -0.3 is 4.74 Å². The Morgan fingerprint density at radius 3 is 3.00 bits per heavy atom. The first-order chi connectivity index (χ1) is 8.66. The minimum Gasteiger partial charge on any atom is -0.356 e. The van der Waals surface area contributed by atoms with Crippen molar-refractivity contribution in [3.8, 4) is 0 Å². The van der Waals surface area contributed by atoms with Crippen LogP contribution in [0.2, 0.25) is 5.02 Å². The molecule has 1 aliphatic rings. The molecule has 1 fully saturated rings. The lowest BCUT2D eigenvalue weighted by Gasteiger charge is -2.23. The molecule has 2 heterocycles. The molecule has 0 aliphatic carbocycles. The maximum absolute atomic E-state index is 13.6. The van der Waals surface area contributed by atoms with Gasteiger partial charge in [0, 0.05) is 18.1 Å². The Bertz CT molecular complexity index is 595. The van der Waals surface area contributed by atoms with E-state index >= 15 is 0 Å². The second kappa shape index (κ2) is 4.79. The maximum atomic E-state index is 13.6. The van der Waals surface area contributed by atoms with E-state index in [0.29, 0.717) is 10.1 Å². The third-order valence-corrected chi connectivity index (χ3v) is 4.01. The van der Waals surface area contributed by atoms with Crippen LogP contribution < -0.4 is 0 Å². The van der Waals surface area contributed by atoms with Crippen LogP contribution in [0.5, 0.6) is 0 Å². The van der Waals surface area contributed by atoms with Crippen molar-refractivity contribution in [2.24, 2.45) is 0 Å². The summed E-state index contributed by atoms with van der Waals surface area (Å²) in [6.45, 7) is 0.722. The Morgan fingerprint density at radius 2 is 2.28 bits per heavy atom. The highest BCUT2D eigenvalue weighted by molar-refractivity contribution is 9.10. The van der Waals surface area contributed by atoms with Crippen molar-refractivity contribution in [1.82, 2.24) is 9.78 Å². The second-order valence-electron chi connectivity index (χ2n) is 4.34. The Hall–Kier alpha value is -0.650. The lowest BCUT2D eigenvalue weighted by Crippen LogP contribution is -2.19. The van der Waals surface area contributed by atoms with Gasteiger partial charge in [-0.25, -0.2) is 9.07 Å². The van der Waals surface area contributed by atoms with E-state index in [1.165, 1.54) is 6.07 Å². The molecule has 0 saturated carbocycles. The lowest BCUT2D eigenvalue weighted by molar-refractivity contribution is -0.0368. The van der Waals surface area contributed by atoms with Gasteiger partial charge >= 0.3 is 0 Å². The van der Waals surface area contributed by atoms with Gasteiger partial charge in [0.15, 0.2) is 6.23 Å². The zero-order valence-corrected chi connectivity index (χ0v) is 11.8. The van der Waals surface area contributed by atoms with Crippen LogP contribution in [0.25, 0.3) is 10.9 Å². The number of nitrogens with zero attached hydrogens (tertiary/aromatic N) is 2. The van der Waals surface area contributed by atoms with Crippen molar-refractivity contribution in [2.45, 2.75) is 25.5 Å². The van der Waals surface area contributed by atoms with Gasteiger partial charge in [-0.1, -0.05) is 11.6 Å². The monoisotopic (exact) mass is 332 g/mol. The van der Waals surface area contributed by atoms with Gasteiger partial charge in [-0.05, 0) is 41.3 Å². The van der Waals surface area contributed by atoms with Gasteiger partial charge in [-0.15, -0.1) is 0 Å². The fraction of sp³-hybridized carbons (Fsp3) is 0.417. The molecule has 1 aliphatic heterocycles. The Balaban J connectivity index is 2.14. The van der Waals surface area contributed by atoms with E-state index in [1.807, 2.05) is 0 Å². The summed E-state index contributed by atoms with van der Waals surface area (Å²) in [5.41, 5.74) is 0.704. The summed E-state index contributed by atoms with van der Waals surface area (Å²) in [6, 6.07) is 3.00. The van der Waals surface area contributed by atoms with Gasteiger partial charge in [0.05, 0.1) is 10.5 Å². The molecule has 0 radical (unpaired) electrons. The van der Waals surface area contributed by atoms with Gasteiger partial charge in [-0.2, -0.15) is 5.10 Å². The molecule has 0 spiro atoms. The van der Waals surface area contributed by atoms with Crippen molar-refractivity contribution >= 4 is 38.4 Å². The molecule has 1 aromatic carbocycles. The molecule has 1 atom stereocenters. The van der Waals surface area contributed by atoms with Crippen LogP contribution in [0.3, 0.4) is 0 Å². The molecule has 18 heavy (non-hydrogen) atoms. The summed E-state index contributed by atoms with van der Waals surface area (Å²) in [4.78, 5) is 0. The molecule has 0 N–H and O–H groups in total. The van der Waals surface area contributed by atoms with Crippen LogP contribution in [0.1, 0.15) is 25.5 Å². The predicted octanol–water partition coefficient (Wildman–Crippen LogP) is 4.29. The Kier molecular flexibility index (Phi) is 3.30. The molecule has 96 valence electrons. The first-order valence-electron chi connectivity index (χ1n) is 5.81. The average Bonchev–Trinajstić information content (AvgIpc) is 2.69. The summed E-state index contributed by atoms with van der Waals surface area (Å²) in [7, 11) is 0. The molecular formula is C12H11BrClFN2O. The smallest absolute Gasteiger partial charge is 0.150 e.